The zero-order valence-electron chi connectivity index (χ0n) is 13.2. The van der Waals surface area contributed by atoms with Crippen LogP contribution in [0.4, 0.5) is 0 Å². The Morgan fingerprint density at radius 3 is 2.27 bits per heavy atom. The van der Waals surface area contributed by atoms with Crippen LogP contribution < -0.4 is 0 Å². The van der Waals surface area contributed by atoms with Gasteiger partial charge in [-0.15, -0.1) is 0 Å². The molecule has 0 N–H and O–H groups in total. The molecule has 0 radical (unpaired) electrons. The topological polar surface area (TPSA) is 52.6 Å². The van der Waals surface area contributed by atoms with Gasteiger partial charge in [-0.25, -0.2) is 9.59 Å². The summed E-state index contributed by atoms with van der Waals surface area (Å²) in [4.78, 5) is 24.4. The number of esters is 2. The average molecular weight is 320 g/mol. The molecular formula is C17H20O4S. The van der Waals surface area contributed by atoms with Gasteiger partial charge in [0.2, 0.25) is 0 Å². The van der Waals surface area contributed by atoms with Crippen molar-refractivity contribution in [1.29, 1.82) is 0 Å². The molecule has 118 valence electrons. The van der Waals surface area contributed by atoms with Gasteiger partial charge in [-0.3, -0.25) is 0 Å². The minimum Gasteiger partial charge on any atom is -0.465 e. The highest BCUT2D eigenvalue weighted by Crippen LogP contribution is 2.21. The third kappa shape index (κ3) is 7.13. The van der Waals surface area contributed by atoms with Crippen molar-refractivity contribution in [3.05, 3.63) is 53.5 Å². The Morgan fingerprint density at radius 2 is 1.73 bits per heavy atom. The number of thioether (sulfide) groups is 1. The number of rotatable bonds is 5. The molecule has 22 heavy (non-hydrogen) atoms. The molecule has 0 aliphatic carbocycles. The Morgan fingerprint density at radius 1 is 1.09 bits per heavy atom. The molecule has 0 unspecified atom stereocenters. The molecule has 0 spiro atoms. The zero-order chi connectivity index (χ0) is 16.6. The van der Waals surface area contributed by atoms with E-state index in [1.165, 1.54) is 31.0 Å². The fourth-order valence-electron chi connectivity index (χ4n) is 1.40. The molecule has 5 heteroatoms. The Hall–Kier alpha value is -2.01. The van der Waals surface area contributed by atoms with Crippen LogP contribution in [0.5, 0.6) is 0 Å². The summed E-state index contributed by atoms with van der Waals surface area (Å²) in [7, 11) is 1.30. The molecular weight excluding hydrogens is 300 g/mol. The van der Waals surface area contributed by atoms with Crippen molar-refractivity contribution in [1.82, 2.24) is 0 Å². The molecule has 0 amide bonds. The van der Waals surface area contributed by atoms with Crippen LogP contribution in [0.15, 0.2) is 58.4 Å². The van der Waals surface area contributed by atoms with Gasteiger partial charge in [0.25, 0.3) is 0 Å². The maximum absolute atomic E-state index is 11.7. The van der Waals surface area contributed by atoms with E-state index in [-0.39, 0.29) is 5.57 Å². The van der Waals surface area contributed by atoms with Crippen molar-refractivity contribution in [2.24, 2.45) is 0 Å². The second-order valence-corrected chi connectivity index (χ2v) is 6.31. The number of hydrogen-bond acceptors (Lipinski definition) is 5. The summed E-state index contributed by atoms with van der Waals surface area (Å²) < 4.78 is 9.86. The van der Waals surface area contributed by atoms with Crippen LogP contribution in [0, 0.1) is 0 Å². The maximum atomic E-state index is 11.7. The molecule has 0 aliphatic heterocycles. The number of hydrogen-bond donors (Lipinski definition) is 0. The second kappa shape index (κ2) is 8.44. The maximum Gasteiger partial charge on any atom is 0.338 e. The van der Waals surface area contributed by atoms with Gasteiger partial charge in [0, 0.05) is 11.0 Å². The van der Waals surface area contributed by atoms with Crippen LogP contribution in [-0.4, -0.2) is 24.6 Å². The summed E-state index contributed by atoms with van der Waals surface area (Å²) in [5, 5.41) is 1.64. The summed E-state index contributed by atoms with van der Waals surface area (Å²) in [5.74, 6) is -1.02. The second-order valence-electron chi connectivity index (χ2n) is 5.36. The first-order chi connectivity index (χ1) is 10.3. The van der Waals surface area contributed by atoms with Crippen LogP contribution in [0.1, 0.15) is 20.8 Å². The predicted molar refractivity (Wildman–Crippen MR) is 87.4 cm³/mol. The smallest absolute Gasteiger partial charge is 0.338 e. The number of benzene rings is 1. The summed E-state index contributed by atoms with van der Waals surface area (Å²) in [6.07, 6.45) is 2.62. The zero-order valence-corrected chi connectivity index (χ0v) is 14.0. The van der Waals surface area contributed by atoms with Crippen LogP contribution in [0.2, 0.25) is 0 Å². The van der Waals surface area contributed by atoms with Crippen molar-refractivity contribution in [2.75, 3.05) is 7.11 Å². The Bertz CT molecular complexity index is 568. The summed E-state index contributed by atoms with van der Waals surface area (Å²) >= 11 is 1.37. The van der Waals surface area contributed by atoms with Gasteiger partial charge in [0.05, 0.1) is 12.7 Å². The fourth-order valence-corrected chi connectivity index (χ4v) is 2.15. The van der Waals surface area contributed by atoms with E-state index in [2.05, 4.69) is 0 Å². The molecule has 1 aromatic rings. The Balaban J connectivity index is 2.81. The first-order valence-electron chi connectivity index (χ1n) is 6.73. The SMILES string of the molecule is COC(=O)C(=C\Sc1ccccc1)/C=C/C(=O)OC(C)(C)C. The molecule has 1 rings (SSSR count). The lowest BCUT2D eigenvalue weighted by atomic mass is 10.2. The molecule has 0 saturated carbocycles. The van der Waals surface area contributed by atoms with Crippen LogP contribution in [0.25, 0.3) is 0 Å². The summed E-state index contributed by atoms with van der Waals surface area (Å²) in [5.41, 5.74) is -0.294. The van der Waals surface area contributed by atoms with Crippen molar-refractivity contribution in [3.8, 4) is 0 Å². The lowest BCUT2D eigenvalue weighted by Gasteiger charge is -2.17. The van der Waals surface area contributed by atoms with Gasteiger partial charge in [-0.2, -0.15) is 0 Å². The van der Waals surface area contributed by atoms with Crippen molar-refractivity contribution < 1.29 is 19.1 Å². The highest BCUT2D eigenvalue weighted by atomic mass is 32.2. The Kier molecular flexibility index (Phi) is 6.92. The highest BCUT2D eigenvalue weighted by Gasteiger charge is 2.14. The number of ether oxygens (including phenoxy) is 2. The number of carbonyl (C=O) groups is 2. The highest BCUT2D eigenvalue weighted by molar-refractivity contribution is 8.02. The minimum atomic E-state index is -0.574. The van der Waals surface area contributed by atoms with Gasteiger partial charge in [0.15, 0.2) is 0 Å². The predicted octanol–water partition coefficient (Wildman–Crippen LogP) is 3.73. The van der Waals surface area contributed by atoms with Crippen LogP contribution in [0.3, 0.4) is 0 Å². The van der Waals surface area contributed by atoms with E-state index in [1.54, 1.807) is 26.2 Å². The lowest BCUT2D eigenvalue weighted by molar-refractivity contribution is -0.148. The monoisotopic (exact) mass is 320 g/mol. The first-order valence-corrected chi connectivity index (χ1v) is 7.61. The summed E-state index contributed by atoms with van der Waals surface area (Å²) in [6.45, 7) is 5.34. The molecule has 4 nitrogen and oxygen atoms in total. The molecule has 0 aromatic heterocycles. The molecule has 0 fully saturated rings. The molecule has 0 saturated heterocycles. The molecule has 0 heterocycles. The molecule has 1 aromatic carbocycles. The standard InChI is InChI=1S/C17H20O4S/c1-17(2,3)21-15(18)11-10-13(16(19)20-4)12-22-14-8-6-5-7-9-14/h5-12H,1-4H3/b11-10+,13-12-. The lowest BCUT2D eigenvalue weighted by Crippen LogP contribution is -2.22. The van der Waals surface area contributed by atoms with Gasteiger partial charge < -0.3 is 9.47 Å². The van der Waals surface area contributed by atoms with E-state index in [0.717, 1.165) is 4.90 Å². The Labute approximate surface area is 135 Å². The van der Waals surface area contributed by atoms with E-state index in [9.17, 15) is 9.59 Å². The third-order valence-electron chi connectivity index (χ3n) is 2.29. The largest absolute Gasteiger partial charge is 0.465 e. The molecule has 0 aliphatic rings. The quantitative estimate of drug-likeness (QED) is 0.358. The molecule has 0 bridgehead atoms. The van der Waals surface area contributed by atoms with Crippen molar-refractivity contribution >= 4 is 23.7 Å². The average Bonchev–Trinajstić information content (AvgIpc) is 2.45. The van der Waals surface area contributed by atoms with Crippen molar-refractivity contribution in [2.45, 2.75) is 31.3 Å². The molecule has 0 atom stereocenters. The van der Waals surface area contributed by atoms with E-state index in [4.69, 9.17) is 9.47 Å². The number of carbonyl (C=O) groups excluding carboxylic acids is 2. The fraction of sp³-hybridized carbons (Fsp3) is 0.294. The normalized spacial score (nSPS) is 12.3. The van der Waals surface area contributed by atoms with E-state index in [1.807, 2.05) is 30.3 Å². The minimum absolute atomic E-state index is 0.280. The summed E-state index contributed by atoms with van der Waals surface area (Å²) in [6, 6.07) is 9.58. The van der Waals surface area contributed by atoms with Gasteiger partial charge in [-0.05, 0) is 44.4 Å². The van der Waals surface area contributed by atoms with Gasteiger partial charge in [-0.1, -0.05) is 30.0 Å². The van der Waals surface area contributed by atoms with Gasteiger partial charge in [0.1, 0.15) is 5.60 Å². The van der Waals surface area contributed by atoms with Gasteiger partial charge >= 0.3 is 11.9 Å². The van der Waals surface area contributed by atoms with Crippen molar-refractivity contribution in [3.63, 3.8) is 0 Å². The van der Waals surface area contributed by atoms with E-state index < -0.39 is 17.5 Å². The van der Waals surface area contributed by atoms with E-state index >= 15 is 0 Å². The number of methoxy groups -OCH3 is 1. The van der Waals surface area contributed by atoms with Crippen LogP contribution in [-0.2, 0) is 19.1 Å². The van der Waals surface area contributed by atoms with E-state index in [0.29, 0.717) is 0 Å². The first kappa shape index (κ1) is 18.0. The third-order valence-corrected chi connectivity index (χ3v) is 3.21. The van der Waals surface area contributed by atoms with Crippen LogP contribution >= 0.6 is 11.8 Å².